The van der Waals surface area contributed by atoms with Crippen molar-refractivity contribution in [1.29, 1.82) is 0 Å². The molecule has 0 amide bonds. The molecule has 0 aliphatic heterocycles. The van der Waals surface area contributed by atoms with Gasteiger partial charge in [-0.05, 0) is 65.4 Å². The fraction of sp³-hybridized carbons (Fsp3) is 0.113. The van der Waals surface area contributed by atoms with Crippen LogP contribution < -0.4 is 0 Å². The Hall–Kier alpha value is -7.51. The van der Waals surface area contributed by atoms with Crippen molar-refractivity contribution in [2.45, 2.75) is 39.5 Å². The molecule has 0 aliphatic carbocycles. The number of hydrogen-bond donors (Lipinski definition) is 0. The molecule has 7 nitrogen and oxygen atoms in total. The lowest BCUT2D eigenvalue weighted by molar-refractivity contribution is 0.866. The summed E-state index contributed by atoms with van der Waals surface area (Å²) in [6.07, 6.45) is 0. The molecule has 0 saturated carbocycles. The molecule has 0 radical (unpaired) electrons. The lowest BCUT2D eigenvalue weighted by atomic mass is 10.0. The van der Waals surface area contributed by atoms with E-state index in [2.05, 4.69) is 140 Å². The fourth-order valence-electron chi connectivity index (χ4n) is 7.92. The average molecular weight is 778 g/mol. The van der Waals surface area contributed by atoms with Crippen LogP contribution in [0.3, 0.4) is 0 Å². The lowest BCUT2D eigenvalue weighted by Gasteiger charge is -2.17. The Morgan fingerprint density at radius 3 is 1.10 bits per heavy atom. The zero-order valence-corrected chi connectivity index (χ0v) is 34.0. The Bertz CT molecular complexity index is 2920. The molecule has 0 atom stereocenters. The largest absolute Gasteiger partial charge is 0.292 e. The molecule has 0 bridgehead atoms. The smallest absolute Gasteiger partial charge is 0.164 e. The van der Waals surface area contributed by atoms with E-state index in [9.17, 15) is 0 Å². The van der Waals surface area contributed by atoms with Crippen LogP contribution >= 0.6 is 0 Å². The minimum absolute atomic E-state index is 0.416. The van der Waals surface area contributed by atoms with Gasteiger partial charge < -0.3 is 0 Å². The van der Waals surface area contributed by atoms with E-state index in [0.717, 1.165) is 72.9 Å². The van der Waals surface area contributed by atoms with E-state index in [1.807, 2.05) is 72.8 Å². The molecular weight excluding hydrogens is 735 g/mol. The molecule has 7 aromatic carbocycles. The van der Waals surface area contributed by atoms with Gasteiger partial charge in [-0.3, -0.25) is 9.13 Å². The van der Waals surface area contributed by atoms with Crippen molar-refractivity contribution in [2.24, 2.45) is 0 Å². The molecule has 0 fully saturated rings. The van der Waals surface area contributed by atoms with Crippen molar-refractivity contribution >= 4 is 22.1 Å². The van der Waals surface area contributed by atoms with Crippen molar-refractivity contribution in [3.05, 3.63) is 187 Å². The van der Waals surface area contributed by atoms with Crippen molar-refractivity contribution in [3.8, 4) is 68.3 Å². The molecule has 0 spiro atoms. The Morgan fingerprint density at radius 1 is 0.333 bits per heavy atom. The van der Waals surface area contributed by atoms with Gasteiger partial charge in [0.15, 0.2) is 17.5 Å². The number of benzene rings is 7. The van der Waals surface area contributed by atoms with E-state index in [1.165, 1.54) is 11.1 Å². The molecular formula is C53H43N7. The molecule has 3 aromatic heterocycles. The summed E-state index contributed by atoms with van der Waals surface area (Å²) in [6.45, 7) is 8.88. The van der Waals surface area contributed by atoms with Crippen molar-refractivity contribution < 1.29 is 0 Å². The highest BCUT2D eigenvalue weighted by Gasteiger charge is 2.22. The summed E-state index contributed by atoms with van der Waals surface area (Å²) in [5.41, 5.74) is 12.9. The molecule has 7 heteroatoms. The van der Waals surface area contributed by atoms with Gasteiger partial charge in [-0.25, -0.2) is 24.9 Å². The van der Waals surface area contributed by atoms with Gasteiger partial charge in [-0.1, -0.05) is 161 Å². The van der Waals surface area contributed by atoms with Gasteiger partial charge in [0, 0.05) is 27.8 Å². The second kappa shape index (κ2) is 15.3. The first-order valence-electron chi connectivity index (χ1n) is 20.6. The molecule has 0 N–H and O–H groups in total. The summed E-state index contributed by atoms with van der Waals surface area (Å²) in [6, 6.07) is 61.1. The molecule has 0 saturated heterocycles. The van der Waals surface area contributed by atoms with E-state index in [0.29, 0.717) is 29.3 Å². The summed E-state index contributed by atoms with van der Waals surface area (Å²) in [5.74, 6) is 4.29. The van der Waals surface area contributed by atoms with Gasteiger partial charge in [0.25, 0.3) is 0 Å². The van der Waals surface area contributed by atoms with Crippen LogP contribution in [0.2, 0.25) is 0 Å². The molecule has 0 unspecified atom stereocenters. The summed E-state index contributed by atoms with van der Waals surface area (Å²) >= 11 is 0. The van der Waals surface area contributed by atoms with Crippen LogP contribution in [0.1, 0.15) is 50.7 Å². The molecule has 60 heavy (non-hydrogen) atoms. The minimum Gasteiger partial charge on any atom is -0.292 e. The third-order valence-electron chi connectivity index (χ3n) is 11.2. The first-order chi connectivity index (χ1) is 29.4. The second-order valence-electron chi connectivity index (χ2n) is 15.8. The molecule has 290 valence electrons. The number of imidazole rings is 2. The van der Waals surface area contributed by atoms with Gasteiger partial charge >= 0.3 is 0 Å². The third-order valence-corrected chi connectivity index (χ3v) is 11.2. The molecule has 10 aromatic rings. The monoisotopic (exact) mass is 777 g/mol. The highest BCUT2D eigenvalue weighted by atomic mass is 15.1. The molecule has 3 heterocycles. The summed E-state index contributed by atoms with van der Waals surface area (Å²) in [4.78, 5) is 26.0. The fourth-order valence-corrected chi connectivity index (χ4v) is 7.92. The summed E-state index contributed by atoms with van der Waals surface area (Å²) in [5, 5.41) is 0. The molecule has 10 rings (SSSR count). The first-order valence-corrected chi connectivity index (χ1v) is 20.6. The van der Waals surface area contributed by atoms with Crippen LogP contribution in [0.4, 0.5) is 0 Å². The summed E-state index contributed by atoms with van der Waals surface area (Å²) in [7, 11) is 0. The van der Waals surface area contributed by atoms with Gasteiger partial charge in [0.05, 0.1) is 33.4 Å². The van der Waals surface area contributed by atoms with Crippen molar-refractivity contribution in [2.75, 3.05) is 0 Å². The summed E-state index contributed by atoms with van der Waals surface area (Å²) < 4.78 is 4.53. The normalized spacial score (nSPS) is 11.6. The quantitative estimate of drug-likeness (QED) is 0.146. The van der Waals surface area contributed by atoms with Gasteiger partial charge in [-0.2, -0.15) is 0 Å². The SMILES string of the molecule is CC(C)c1ccc(-c2nc3ccccc3n2-c2cc(-c3nc(-c4ccccc4)nc(-c4ccccc4)n3)cc(-n3c(-c4ccc(C(C)C)cc4)nc4ccccc43)c2)cc1. The maximum absolute atomic E-state index is 5.28. The lowest BCUT2D eigenvalue weighted by Crippen LogP contribution is -2.05. The second-order valence-corrected chi connectivity index (χ2v) is 15.8. The number of para-hydroxylation sites is 4. The van der Waals surface area contributed by atoms with Crippen molar-refractivity contribution in [3.63, 3.8) is 0 Å². The van der Waals surface area contributed by atoms with Gasteiger partial charge in [0.1, 0.15) is 11.6 Å². The number of nitrogens with zero attached hydrogens (tertiary/aromatic N) is 7. The van der Waals surface area contributed by atoms with Crippen LogP contribution in [0, 0.1) is 0 Å². The van der Waals surface area contributed by atoms with Crippen molar-refractivity contribution in [1.82, 2.24) is 34.1 Å². The van der Waals surface area contributed by atoms with Crippen LogP contribution in [0.25, 0.3) is 90.4 Å². The van der Waals surface area contributed by atoms with Gasteiger partial charge in [-0.15, -0.1) is 0 Å². The van der Waals surface area contributed by atoms with E-state index in [4.69, 9.17) is 24.9 Å². The maximum Gasteiger partial charge on any atom is 0.164 e. The zero-order valence-electron chi connectivity index (χ0n) is 34.0. The van der Waals surface area contributed by atoms with E-state index in [1.54, 1.807) is 0 Å². The maximum atomic E-state index is 5.28. The Balaban J connectivity index is 1.27. The van der Waals surface area contributed by atoms with E-state index >= 15 is 0 Å². The highest BCUT2D eigenvalue weighted by molar-refractivity contribution is 5.87. The van der Waals surface area contributed by atoms with Crippen LogP contribution in [0.5, 0.6) is 0 Å². The zero-order chi connectivity index (χ0) is 40.7. The van der Waals surface area contributed by atoms with Crippen LogP contribution in [-0.4, -0.2) is 34.1 Å². The third kappa shape index (κ3) is 6.84. The Morgan fingerprint density at radius 2 is 0.700 bits per heavy atom. The Kier molecular flexibility index (Phi) is 9.41. The Labute approximate surface area is 349 Å². The minimum atomic E-state index is 0.416. The topological polar surface area (TPSA) is 74.3 Å². The number of aromatic nitrogens is 7. The first kappa shape index (κ1) is 36.8. The highest BCUT2D eigenvalue weighted by Crippen LogP contribution is 2.37. The van der Waals surface area contributed by atoms with Crippen LogP contribution in [0.15, 0.2) is 176 Å². The molecule has 0 aliphatic rings. The van der Waals surface area contributed by atoms with E-state index < -0.39 is 0 Å². The number of rotatable bonds is 9. The predicted molar refractivity (Wildman–Crippen MR) is 244 cm³/mol. The standard InChI is InChI=1S/C53H43N7/c1-34(2)36-23-27-40(28-24-36)52-54-45-19-11-13-21-47(45)59(52)43-31-42(51-57-49(38-15-7-5-8-16-38)56-50(58-51)39-17-9-6-10-18-39)32-44(33-43)60-48-22-14-12-20-46(48)55-53(60)41-29-25-37(26-30-41)35(3)4/h5-35H,1-4H3. The predicted octanol–water partition coefficient (Wildman–Crippen LogP) is 13.1. The average Bonchev–Trinajstić information content (AvgIpc) is 3.89. The number of fused-ring (bicyclic) bond motifs is 2. The number of hydrogen-bond acceptors (Lipinski definition) is 5. The van der Waals surface area contributed by atoms with Crippen LogP contribution in [-0.2, 0) is 0 Å². The van der Waals surface area contributed by atoms with Gasteiger partial charge in [0.2, 0.25) is 0 Å². The van der Waals surface area contributed by atoms with E-state index in [-0.39, 0.29) is 0 Å².